The zero-order valence-electron chi connectivity index (χ0n) is 14.2. The molecule has 7 heteroatoms. The van der Waals surface area contributed by atoms with Gasteiger partial charge >= 0.3 is 0 Å². The molecular formula is C17H23N5O2. The van der Waals surface area contributed by atoms with Crippen molar-refractivity contribution >= 4 is 11.7 Å². The van der Waals surface area contributed by atoms with Crippen LogP contribution in [0.25, 0.3) is 0 Å². The van der Waals surface area contributed by atoms with Gasteiger partial charge in [-0.2, -0.15) is 5.26 Å². The molecule has 2 fully saturated rings. The molecule has 0 N–H and O–H groups in total. The Bertz CT molecular complexity index is 634. The molecule has 128 valence electrons. The number of hydrogen-bond acceptors (Lipinski definition) is 6. The van der Waals surface area contributed by atoms with Crippen molar-refractivity contribution in [1.82, 2.24) is 14.9 Å². The Kier molecular flexibility index (Phi) is 4.95. The van der Waals surface area contributed by atoms with Crippen LogP contribution in [0.2, 0.25) is 0 Å². The summed E-state index contributed by atoms with van der Waals surface area (Å²) in [5.74, 6) is 1.37. The van der Waals surface area contributed by atoms with Gasteiger partial charge in [0.25, 0.3) is 5.91 Å². The predicted molar refractivity (Wildman–Crippen MR) is 88.3 cm³/mol. The average Bonchev–Trinajstić information content (AvgIpc) is 3.11. The largest absolute Gasteiger partial charge is 0.365 e. The number of hydrogen-bond donors (Lipinski definition) is 0. The molecule has 24 heavy (non-hydrogen) atoms. The van der Waals surface area contributed by atoms with Crippen LogP contribution in [0.15, 0.2) is 12.4 Å². The number of carbonyl (C=O) groups excluding carboxylic acids is 1. The van der Waals surface area contributed by atoms with E-state index in [1.54, 1.807) is 25.1 Å². The fraction of sp³-hybridized carbons (Fsp3) is 0.647. The zero-order chi connectivity index (χ0) is 17.1. The summed E-state index contributed by atoms with van der Waals surface area (Å²) in [6.07, 6.45) is 5.15. The van der Waals surface area contributed by atoms with E-state index >= 15 is 0 Å². The molecule has 2 saturated heterocycles. The second kappa shape index (κ2) is 7.14. The summed E-state index contributed by atoms with van der Waals surface area (Å²) >= 11 is 0. The summed E-state index contributed by atoms with van der Waals surface area (Å²) in [6, 6.07) is 3.79. The highest BCUT2D eigenvalue weighted by Crippen LogP contribution is 2.33. The van der Waals surface area contributed by atoms with Crippen molar-refractivity contribution in [3.63, 3.8) is 0 Å². The molecule has 3 heterocycles. The molecule has 7 nitrogen and oxygen atoms in total. The van der Waals surface area contributed by atoms with Crippen LogP contribution in [0, 0.1) is 17.2 Å². The maximum absolute atomic E-state index is 12.0. The Labute approximate surface area is 142 Å². The minimum absolute atomic E-state index is 0.0694. The van der Waals surface area contributed by atoms with Gasteiger partial charge < -0.3 is 14.5 Å². The van der Waals surface area contributed by atoms with Crippen molar-refractivity contribution in [2.24, 2.45) is 5.92 Å². The van der Waals surface area contributed by atoms with Gasteiger partial charge in [0.2, 0.25) is 0 Å². The highest BCUT2D eigenvalue weighted by molar-refractivity contribution is 5.80. The number of nitrogens with zero attached hydrogens (tertiary/aromatic N) is 5. The number of nitriles is 1. The van der Waals surface area contributed by atoms with Crippen LogP contribution in [0.4, 0.5) is 5.82 Å². The van der Waals surface area contributed by atoms with Crippen LogP contribution in [0.5, 0.6) is 0 Å². The summed E-state index contributed by atoms with van der Waals surface area (Å²) in [6.45, 7) is 1.78. The number of piperidine rings is 1. The molecule has 0 bridgehead atoms. The van der Waals surface area contributed by atoms with Crippen molar-refractivity contribution in [2.75, 3.05) is 32.1 Å². The van der Waals surface area contributed by atoms with Gasteiger partial charge in [-0.25, -0.2) is 9.97 Å². The van der Waals surface area contributed by atoms with Gasteiger partial charge in [0, 0.05) is 33.3 Å². The molecule has 0 spiro atoms. The monoisotopic (exact) mass is 329 g/mol. The zero-order valence-corrected chi connectivity index (χ0v) is 14.2. The Morgan fingerprint density at radius 1 is 1.29 bits per heavy atom. The molecule has 0 unspecified atom stereocenters. The van der Waals surface area contributed by atoms with E-state index in [-0.39, 0.29) is 18.1 Å². The van der Waals surface area contributed by atoms with Gasteiger partial charge in [0.15, 0.2) is 0 Å². The maximum Gasteiger partial charge on any atom is 0.251 e. The smallest absolute Gasteiger partial charge is 0.251 e. The van der Waals surface area contributed by atoms with Crippen LogP contribution in [0.3, 0.4) is 0 Å². The first-order valence-electron chi connectivity index (χ1n) is 8.42. The summed E-state index contributed by atoms with van der Waals surface area (Å²) in [7, 11) is 3.55. The average molecular weight is 329 g/mol. The molecule has 0 radical (unpaired) electrons. The van der Waals surface area contributed by atoms with Crippen LogP contribution < -0.4 is 4.90 Å². The topological polar surface area (TPSA) is 82.4 Å². The Hall–Kier alpha value is -2.20. The lowest BCUT2D eigenvalue weighted by Gasteiger charge is -2.35. The first-order valence-corrected chi connectivity index (χ1v) is 8.42. The van der Waals surface area contributed by atoms with Crippen LogP contribution in [-0.2, 0) is 9.53 Å². The molecule has 1 amide bonds. The highest BCUT2D eigenvalue weighted by atomic mass is 16.5. The lowest BCUT2D eigenvalue weighted by Crippen LogP contribution is -2.39. The molecular weight excluding hydrogens is 306 g/mol. The molecule has 1 aromatic rings. The summed E-state index contributed by atoms with van der Waals surface area (Å²) < 4.78 is 6.02. The normalized spacial score (nSPS) is 24.6. The van der Waals surface area contributed by atoms with Crippen molar-refractivity contribution in [3.05, 3.63) is 18.1 Å². The first-order chi connectivity index (χ1) is 11.6. The van der Waals surface area contributed by atoms with Gasteiger partial charge in [-0.1, -0.05) is 0 Å². The number of ether oxygens (including phenoxy) is 1. The molecule has 3 rings (SSSR count). The van der Waals surface area contributed by atoms with E-state index in [0.717, 1.165) is 44.6 Å². The van der Waals surface area contributed by atoms with E-state index < -0.39 is 0 Å². The lowest BCUT2D eigenvalue weighted by molar-refractivity contribution is -0.141. The third kappa shape index (κ3) is 3.49. The lowest BCUT2D eigenvalue weighted by atomic mass is 9.89. The molecule has 0 aliphatic carbocycles. The van der Waals surface area contributed by atoms with Gasteiger partial charge in [-0.05, 0) is 31.6 Å². The summed E-state index contributed by atoms with van der Waals surface area (Å²) in [5, 5.41) is 8.95. The van der Waals surface area contributed by atoms with Crippen molar-refractivity contribution in [1.29, 1.82) is 5.26 Å². The van der Waals surface area contributed by atoms with E-state index in [4.69, 9.17) is 10.00 Å². The third-order valence-electron chi connectivity index (χ3n) is 4.93. The number of carbonyl (C=O) groups is 1. The van der Waals surface area contributed by atoms with Gasteiger partial charge in [0.1, 0.15) is 30.0 Å². The number of rotatable bonds is 3. The van der Waals surface area contributed by atoms with E-state index in [1.807, 2.05) is 0 Å². The van der Waals surface area contributed by atoms with Crippen molar-refractivity contribution in [3.8, 4) is 6.07 Å². The molecule has 2 aliphatic rings. The van der Waals surface area contributed by atoms with E-state index in [9.17, 15) is 4.79 Å². The van der Waals surface area contributed by atoms with Crippen LogP contribution >= 0.6 is 0 Å². The highest BCUT2D eigenvalue weighted by Gasteiger charge is 2.37. The van der Waals surface area contributed by atoms with Crippen LogP contribution in [-0.4, -0.2) is 60.2 Å². The quantitative estimate of drug-likeness (QED) is 0.829. The fourth-order valence-corrected chi connectivity index (χ4v) is 3.56. The Morgan fingerprint density at radius 3 is 2.71 bits per heavy atom. The minimum Gasteiger partial charge on any atom is -0.365 e. The second-order valence-corrected chi connectivity index (χ2v) is 6.67. The van der Waals surface area contributed by atoms with E-state index in [2.05, 4.69) is 20.9 Å². The summed E-state index contributed by atoms with van der Waals surface area (Å²) in [4.78, 5) is 24.0. The number of aromatic nitrogens is 2. The SMILES string of the molecule is CN(C)C(=O)[C@H]1CC[C@@H](C2CCN(c3cc(C#N)ncn3)CC2)O1. The van der Waals surface area contributed by atoms with Crippen LogP contribution in [0.1, 0.15) is 31.4 Å². The molecule has 0 aromatic carbocycles. The minimum atomic E-state index is -0.275. The number of likely N-dealkylation sites (N-methyl/N-ethyl adjacent to an activating group) is 1. The Balaban J connectivity index is 1.54. The number of anilines is 1. The third-order valence-corrected chi connectivity index (χ3v) is 4.93. The van der Waals surface area contributed by atoms with E-state index in [1.165, 1.54) is 6.33 Å². The summed E-state index contributed by atoms with van der Waals surface area (Å²) in [5.41, 5.74) is 0.395. The standard InChI is InChI=1S/C17H23N5O2/c1-21(2)17(23)15-4-3-14(24-15)12-5-7-22(8-6-12)16-9-13(10-18)19-11-20-16/h9,11-12,14-15H,3-8H2,1-2H3/t14-,15+/m0/s1. The second-order valence-electron chi connectivity index (χ2n) is 6.67. The number of amides is 1. The fourth-order valence-electron chi connectivity index (χ4n) is 3.56. The van der Waals surface area contributed by atoms with Gasteiger partial charge in [0.05, 0.1) is 6.10 Å². The molecule has 2 aliphatic heterocycles. The van der Waals surface area contributed by atoms with Crippen molar-refractivity contribution < 1.29 is 9.53 Å². The maximum atomic E-state index is 12.0. The molecule has 1 aromatic heterocycles. The molecule has 0 saturated carbocycles. The Morgan fingerprint density at radius 2 is 2.04 bits per heavy atom. The van der Waals surface area contributed by atoms with Crippen molar-refractivity contribution in [2.45, 2.75) is 37.9 Å². The predicted octanol–water partition coefficient (Wildman–Crippen LogP) is 1.20. The molecule has 2 atom stereocenters. The van der Waals surface area contributed by atoms with Gasteiger partial charge in [-0.3, -0.25) is 4.79 Å². The van der Waals surface area contributed by atoms with E-state index in [0.29, 0.717) is 11.6 Å². The first kappa shape index (κ1) is 16.7. The van der Waals surface area contributed by atoms with Gasteiger partial charge in [-0.15, -0.1) is 0 Å².